The zero-order valence-corrected chi connectivity index (χ0v) is 16.6. The third-order valence-corrected chi connectivity index (χ3v) is 4.79. The molecule has 2 N–H and O–H groups in total. The lowest BCUT2D eigenvalue weighted by atomic mass is 10.2. The maximum Gasteiger partial charge on any atom is 0.252 e. The second kappa shape index (κ2) is 10.1. The number of aromatic nitrogens is 3. The van der Waals surface area contributed by atoms with Crippen molar-refractivity contribution in [1.29, 1.82) is 0 Å². The molecule has 8 heteroatoms. The fourth-order valence-electron chi connectivity index (χ4n) is 2.36. The van der Waals surface area contributed by atoms with Crippen LogP contribution in [-0.4, -0.2) is 38.9 Å². The maximum atomic E-state index is 12.3. The molecule has 2 aromatic carbocycles. The molecular formula is C21H19N5O2S. The Labute approximate surface area is 172 Å². The fourth-order valence-corrected chi connectivity index (χ4v) is 3.05. The van der Waals surface area contributed by atoms with Gasteiger partial charge in [0.1, 0.15) is 6.33 Å². The van der Waals surface area contributed by atoms with Gasteiger partial charge in [0, 0.05) is 23.9 Å². The summed E-state index contributed by atoms with van der Waals surface area (Å²) in [5.41, 5.74) is 1.90. The van der Waals surface area contributed by atoms with E-state index in [4.69, 9.17) is 0 Å². The number of amides is 2. The van der Waals surface area contributed by atoms with Crippen molar-refractivity contribution < 1.29 is 9.59 Å². The Morgan fingerprint density at radius 3 is 2.72 bits per heavy atom. The van der Waals surface area contributed by atoms with E-state index >= 15 is 0 Å². The quantitative estimate of drug-likeness (QED) is 0.485. The minimum Gasteiger partial charge on any atom is -0.341 e. The SMILES string of the molecule is Cn1cnnc1SCC(=O)Nc1cccc(C(=O)NCC#Cc2ccccc2)c1. The highest BCUT2D eigenvalue weighted by molar-refractivity contribution is 7.99. The second-order valence-corrected chi connectivity index (χ2v) is 6.94. The number of benzene rings is 2. The zero-order chi connectivity index (χ0) is 20.5. The van der Waals surface area contributed by atoms with E-state index in [9.17, 15) is 9.59 Å². The predicted octanol–water partition coefficient (Wildman–Crippen LogP) is 2.33. The maximum absolute atomic E-state index is 12.3. The number of nitrogens with one attached hydrogen (secondary N) is 2. The molecule has 0 saturated carbocycles. The number of hydrogen-bond donors (Lipinski definition) is 2. The lowest BCUT2D eigenvalue weighted by Crippen LogP contribution is -2.24. The van der Waals surface area contributed by atoms with Gasteiger partial charge in [0.2, 0.25) is 5.91 Å². The number of thioether (sulfide) groups is 1. The fraction of sp³-hybridized carbons (Fsp3) is 0.143. The Hall–Kier alpha value is -3.57. The average Bonchev–Trinajstić information content (AvgIpc) is 3.15. The van der Waals surface area contributed by atoms with Crippen LogP contribution in [0, 0.1) is 11.8 Å². The molecular weight excluding hydrogens is 386 g/mol. The van der Waals surface area contributed by atoms with Gasteiger partial charge in [-0.3, -0.25) is 9.59 Å². The molecule has 0 atom stereocenters. The number of nitrogens with zero attached hydrogens (tertiary/aromatic N) is 3. The summed E-state index contributed by atoms with van der Waals surface area (Å²) in [7, 11) is 1.81. The van der Waals surface area contributed by atoms with Gasteiger partial charge in [-0.05, 0) is 30.3 Å². The van der Waals surface area contributed by atoms with Gasteiger partial charge >= 0.3 is 0 Å². The Bertz CT molecular complexity index is 1050. The Kier molecular flexibility index (Phi) is 7.03. The summed E-state index contributed by atoms with van der Waals surface area (Å²) in [5.74, 6) is 5.65. The number of hydrogen-bond acceptors (Lipinski definition) is 5. The van der Waals surface area contributed by atoms with Crippen molar-refractivity contribution >= 4 is 29.3 Å². The van der Waals surface area contributed by atoms with Crippen LogP contribution in [0.4, 0.5) is 5.69 Å². The molecule has 0 radical (unpaired) electrons. The van der Waals surface area contributed by atoms with Crippen LogP contribution in [0.1, 0.15) is 15.9 Å². The van der Waals surface area contributed by atoms with Crippen molar-refractivity contribution in [3.05, 3.63) is 72.1 Å². The summed E-state index contributed by atoms with van der Waals surface area (Å²) in [6, 6.07) is 16.3. The van der Waals surface area contributed by atoms with Gasteiger partial charge < -0.3 is 15.2 Å². The average molecular weight is 405 g/mol. The smallest absolute Gasteiger partial charge is 0.252 e. The monoisotopic (exact) mass is 405 g/mol. The predicted molar refractivity (Wildman–Crippen MR) is 112 cm³/mol. The van der Waals surface area contributed by atoms with Crippen LogP contribution in [0.5, 0.6) is 0 Å². The molecule has 0 bridgehead atoms. The van der Waals surface area contributed by atoms with Crippen LogP contribution in [-0.2, 0) is 11.8 Å². The number of aryl methyl sites for hydroxylation is 1. The van der Waals surface area contributed by atoms with Crippen molar-refractivity contribution in [3.8, 4) is 11.8 Å². The molecule has 0 spiro atoms. The summed E-state index contributed by atoms with van der Waals surface area (Å²) in [6.07, 6.45) is 1.58. The zero-order valence-electron chi connectivity index (χ0n) is 15.8. The summed E-state index contributed by atoms with van der Waals surface area (Å²) < 4.78 is 1.74. The lowest BCUT2D eigenvalue weighted by Gasteiger charge is -2.07. The van der Waals surface area contributed by atoms with Gasteiger partial charge in [-0.2, -0.15) is 0 Å². The first-order chi connectivity index (χ1) is 14.1. The minimum atomic E-state index is -0.253. The number of anilines is 1. The van der Waals surface area contributed by atoms with E-state index in [0.29, 0.717) is 16.4 Å². The molecule has 1 heterocycles. The first-order valence-corrected chi connectivity index (χ1v) is 9.79. The third-order valence-electron chi connectivity index (χ3n) is 3.75. The molecule has 2 amide bonds. The highest BCUT2D eigenvalue weighted by Crippen LogP contribution is 2.15. The first-order valence-electron chi connectivity index (χ1n) is 8.80. The van der Waals surface area contributed by atoms with Crippen molar-refractivity contribution in [1.82, 2.24) is 20.1 Å². The van der Waals surface area contributed by atoms with Gasteiger partial charge in [0.05, 0.1) is 12.3 Å². The van der Waals surface area contributed by atoms with Gasteiger partial charge in [0.25, 0.3) is 5.91 Å². The van der Waals surface area contributed by atoms with E-state index in [0.717, 1.165) is 5.56 Å². The van der Waals surface area contributed by atoms with Crippen molar-refractivity contribution in [2.75, 3.05) is 17.6 Å². The highest BCUT2D eigenvalue weighted by Gasteiger charge is 2.09. The van der Waals surface area contributed by atoms with Gasteiger partial charge in [-0.15, -0.1) is 10.2 Å². The van der Waals surface area contributed by atoms with Crippen molar-refractivity contribution in [2.45, 2.75) is 5.16 Å². The van der Waals surface area contributed by atoms with Crippen LogP contribution in [0.15, 0.2) is 66.1 Å². The van der Waals surface area contributed by atoms with Crippen LogP contribution in [0.3, 0.4) is 0 Å². The minimum absolute atomic E-state index is 0.190. The van der Waals surface area contributed by atoms with E-state index < -0.39 is 0 Å². The Morgan fingerprint density at radius 1 is 1.14 bits per heavy atom. The molecule has 0 fully saturated rings. The summed E-state index contributed by atoms with van der Waals surface area (Å²) in [4.78, 5) is 24.4. The topological polar surface area (TPSA) is 88.9 Å². The van der Waals surface area contributed by atoms with E-state index in [-0.39, 0.29) is 24.1 Å². The molecule has 0 aliphatic carbocycles. The molecule has 0 unspecified atom stereocenters. The van der Waals surface area contributed by atoms with E-state index in [1.54, 1.807) is 35.2 Å². The van der Waals surface area contributed by atoms with Crippen molar-refractivity contribution in [3.63, 3.8) is 0 Å². The van der Waals surface area contributed by atoms with Crippen LogP contribution in [0.25, 0.3) is 0 Å². The Morgan fingerprint density at radius 2 is 1.97 bits per heavy atom. The van der Waals surface area contributed by atoms with Crippen LogP contribution < -0.4 is 10.6 Å². The number of rotatable bonds is 6. The molecule has 1 aromatic heterocycles. The molecule has 0 aliphatic rings. The van der Waals surface area contributed by atoms with Crippen LogP contribution >= 0.6 is 11.8 Å². The van der Waals surface area contributed by atoms with E-state index in [2.05, 4.69) is 32.7 Å². The second-order valence-electron chi connectivity index (χ2n) is 5.99. The van der Waals surface area contributed by atoms with Crippen LogP contribution in [0.2, 0.25) is 0 Å². The lowest BCUT2D eigenvalue weighted by molar-refractivity contribution is -0.113. The molecule has 146 valence electrons. The highest BCUT2D eigenvalue weighted by atomic mass is 32.2. The van der Waals surface area contributed by atoms with Gasteiger partial charge in [0.15, 0.2) is 5.16 Å². The van der Waals surface area contributed by atoms with Gasteiger partial charge in [-0.25, -0.2) is 0 Å². The number of carbonyl (C=O) groups is 2. The molecule has 0 saturated heterocycles. The summed E-state index contributed by atoms with van der Waals surface area (Å²) in [5, 5.41) is 13.9. The summed E-state index contributed by atoms with van der Waals surface area (Å²) in [6.45, 7) is 0.235. The molecule has 0 aliphatic heterocycles. The van der Waals surface area contributed by atoms with Gasteiger partial charge in [-0.1, -0.05) is 47.9 Å². The normalized spacial score (nSPS) is 9.97. The molecule has 3 aromatic rings. The molecule has 3 rings (SSSR count). The molecule has 29 heavy (non-hydrogen) atoms. The Balaban J connectivity index is 1.50. The first kappa shape index (κ1) is 20.2. The third kappa shape index (κ3) is 6.23. The summed E-state index contributed by atoms with van der Waals surface area (Å²) >= 11 is 1.29. The molecule has 7 nitrogen and oxygen atoms in total. The van der Waals surface area contributed by atoms with Crippen molar-refractivity contribution in [2.24, 2.45) is 7.05 Å². The number of carbonyl (C=O) groups excluding carboxylic acids is 2. The standard InChI is InChI=1S/C21H19N5O2S/c1-26-15-23-25-21(26)29-14-19(27)24-18-11-5-10-17(13-18)20(28)22-12-6-9-16-7-3-2-4-8-16/h2-5,7-8,10-11,13,15H,12,14H2,1H3,(H,22,28)(H,24,27). The largest absolute Gasteiger partial charge is 0.341 e. The van der Waals surface area contributed by atoms with E-state index in [1.165, 1.54) is 11.8 Å². The van der Waals surface area contributed by atoms with E-state index in [1.807, 2.05) is 37.4 Å².